The largest absolute Gasteiger partial charge is 0.491 e. The number of rotatable bonds is 5. The number of nitrogens with two attached hydrogens (primary N) is 1. The molecule has 11 heteroatoms. The van der Waals surface area contributed by atoms with Crippen LogP contribution in [0.1, 0.15) is 19.8 Å². The average Bonchev–Trinajstić information content (AvgIpc) is 3.32. The summed E-state index contributed by atoms with van der Waals surface area (Å²) < 4.78 is 41.1. The first-order chi connectivity index (χ1) is 15.3. The average molecular weight is 445 g/mol. The topological polar surface area (TPSA) is 112 Å². The Bertz CT molecular complexity index is 1140. The molecule has 1 amide bonds. The molecule has 1 aliphatic carbocycles. The number of aromatic nitrogens is 2. The van der Waals surface area contributed by atoms with Gasteiger partial charge in [0, 0.05) is 18.0 Å². The van der Waals surface area contributed by atoms with Crippen LogP contribution < -0.4 is 20.7 Å². The van der Waals surface area contributed by atoms with Crippen molar-refractivity contribution in [3.8, 4) is 17.1 Å². The van der Waals surface area contributed by atoms with Gasteiger partial charge < -0.3 is 25.1 Å². The summed E-state index contributed by atoms with van der Waals surface area (Å²) in [6.45, 7) is 2.40. The SMILES string of the molecule is CC(Nc1ccc2c(c1)OCCn1cc(N3C(=C=O)OC4(CC4)[C@H]3C(F)F)nc1-2)C(N)=O. The molecule has 2 fully saturated rings. The molecule has 9 nitrogen and oxygen atoms in total. The van der Waals surface area contributed by atoms with E-state index in [1.165, 1.54) is 0 Å². The number of primary amides is 1. The minimum atomic E-state index is -2.72. The van der Waals surface area contributed by atoms with Crippen LogP contribution in [0.3, 0.4) is 0 Å². The highest BCUT2D eigenvalue weighted by molar-refractivity contribution is 5.83. The minimum Gasteiger partial charge on any atom is -0.491 e. The Morgan fingerprint density at radius 1 is 1.41 bits per heavy atom. The van der Waals surface area contributed by atoms with Crippen LogP contribution in [-0.2, 0) is 20.9 Å². The van der Waals surface area contributed by atoms with Gasteiger partial charge in [-0.3, -0.25) is 9.69 Å². The lowest BCUT2D eigenvalue weighted by molar-refractivity contribution is -0.118. The number of carbonyl (C=O) groups excluding carboxylic acids is 2. The lowest BCUT2D eigenvalue weighted by Crippen LogP contribution is -2.42. The maximum atomic E-state index is 14.0. The van der Waals surface area contributed by atoms with E-state index in [2.05, 4.69) is 10.3 Å². The van der Waals surface area contributed by atoms with E-state index in [4.69, 9.17) is 15.2 Å². The number of nitrogens with zero attached hydrogens (tertiary/aromatic N) is 3. The van der Waals surface area contributed by atoms with Crippen LogP contribution in [0.15, 0.2) is 30.3 Å². The second kappa shape index (κ2) is 7.23. The Morgan fingerprint density at radius 2 is 2.19 bits per heavy atom. The number of fused-ring (bicyclic) bond motifs is 3. The first-order valence-electron chi connectivity index (χ1n) is 10.2. The highest BCUT2D eigenvalue weighted by Crippen LogP contribution is 2.54. The zero-order valence-corrected chi connectivity index (χ0v) is 17.2. The first kappa shape index (κ1) is 20.3. The molecule has 2 aliphatic heterocycles. The van der Waals surface area contributed by atoms with Gasteiger partial charge >= 0.3 is 0 Å². The molecular formula is C21H21F2N5O4. The van der Waals surface area contributed by atoms with Crippen LogP contribution in [0.25, 0.3) is 11.4 Å². The van der Waals surface area contributed by atoms with Crippen molar-refractivity contribution in [2.24, 2.45) is 5.73 Å². The molecule has 168 valence electrons. The molecule has 0 radical (unpaired) electrons. The number of benzene rings is 1. The smallest absolute Gasteiger partial charge is 0.285 e. The number of anilines is 2. The summed E-state index contributed by atoms with van der Waals surface area (Å²) >= 11 is 0. The number of hydrogen-bond donors (Lipinski definition) is 2. The summed E-state index contributed by atoms with van der Waals surface area (Å²) in [6, 6.07) is 3.38. The zero-order chi connectivity index (χ0) is 22.6. The molecule has 1 unspecified atom stereocenters. The van der Waals surface area contributed by atoms with Gasteiger partial charge in [0.1, 0.15) is 35.9 Å². The number of hydrogen-bond acceptors (Lipinski definition) is 7. The third kappa shape index (κ3) is 3.16. The van der Waals surface area contributed by atoms with Crippen LogP contribution in [0, 0.1) is 0 Å². The molecule has 1 saturated carbocycles. The Labute approximate surface area is 181 Å². The predicted octanol–water partition coefficient (Wildman–Crippen LogP) is 1.90. The molecule has 5 rings (SSSR count). The number of carbonyl (C=O) groups is 1. The van der Waals surface area contributed by atoms with Gasteiger partial charge in [0.15, 0.2) is 11.8 Å². The summed E-state index contributed by atoms with van der Waals surface area (Å²) in [5.41, 5.74) is 5.54. The second-order valence-corrected chi connectivity index (χ2v) is 8.17. The molecule has 2 atom stereocenters. The number of imidazole rings is 1. The third-order valence-electron chi connectivity index (χ3n) is 6.04. The quantitative estimate of drug-likeness (QED) is 0.676. The van der Waals surface area contributed by atoms with Crippen molar-refractivity contribution < 1.29 is 27.8 Å². The standard InChI is InChI=1S/C21H21F2N5O4/c1-11(19(24)30)25-12-2-3-13-14(8-12)31-7-6-27-9-15(26-20(13)27)28-16(10-29)32-21(4-5-21)17(28)18(22)23/h2-3,8-9,11,17-18,25H,4-7H2,1H3,(H2,24,30)/t11?,17-/m1/s1. The van der Waals surface area contributed by atoms with Crippen molar-refractivity contribution in [3.05, 3.63) is 30.3 Å². The molecule has 1 aromatic heterocycles. The molecule has 32 heavy (non-hydrogen) atoms. The number of halogens is 2. The summed E-state index contributed by atoms with van der Waals surface area (Å²) in [5, 5.41) is 3.00. The van der Waals surface area contributed by atoms with Crippen LogP contribution in [0.2, 0.25) is 0 Å². The van der Waals surface area contributed by atoms with Crippen molar-refractivity contribution in [1.29, 1.82) is 0 Å². The van der Waals surface area contributed by atoms with Gasteiger partial charge in [-0.05, 0) is 31.9 Å². The molecule has 1 saturated heterocycles. The molecule has 2 aromatic rings. The van der Waals surface area contributed by atoms with Gasteiger partial charge in [-0.2, -0.15) is 0 Å². The molecule has 3 N–H and O–H groups in total. The number of alkyl halides is 2. The molecular weight excluding hydrogens is 424 g/mol. The van der Waals surface area contributed by atoms with Crippen molar-refractivity contribution in [2.75, 3.05) is 16.8 Å². The molecule has 3 heterocycles. The Balaban J connectivity index is 1.52. The highest BCUT2D eigenvalue weighted by atomic mass is 19.3. The third-order valence-corrected chi connectivity index (χ3v) is 6.04. The number of ether oxygens (including phenoxy) is 2. The van der Waals surface area contributed by atoms with Crippen molar-refractivity contribution in [2.45, 2.75) is 50.4 Å². The molecule has 1 aromatic carbocycles. The molecule has 3 aliphatic rings. The Hall–Kier alpha value is -3.59. The van der Waals surface area contributed by atoms with Crippen molar-refractivity contribution in [1.82, 2.24) is 9.55 Å². The van der Waals surface area contributed by atoms with Gasteiger partial charge in [-0.1, -0.05) is 0 Å². The first-order valence-corrected chi connectivity index (χ1v) is 10.2. The van der Waals surface area contributed by atoms with E-state index in [1.807, 2.05) is 0 Å². The highest BCUT2D eigenvalue weighted by Gasteiger charge is 2.65. The monoisotopic (exact) mass is 445 g/mol. The van der Waals surface area contributed by atoms with Gasteiger partial charge in [0.2, 0.25) is 5.91 Å². The van der Waals surface area contributed by atoms with E-state index in [-0.39, 0.29) is 11.7 Å². The Morgan fingerprint density at radius 3 is 2.84 bits per heavy atom. The minimum absolute atomic E-state index is 0.199. The fourth-order valence-electron chi connectivity index (χ4n) is 4.24. The molecule has 1 spiro atoms. The lowest BCUT2D eigenvalue weighted by atomic mass is 10.1. The van der Waals surface area contributed by atoms with E-state index in [0.717, 1.165) is 4.90 Å². The molecule has 0 bridgehead atoms. The summed E-state index contributed by atoms with van der Waals surface area (Å²) in [6.07, 6.45) is -0.200. The maximum Gasteiger partial charge on any atom is 0.285 e. The predicted molar refractivity (Wildman–Crippen MR) is 110 cm³/mol. The van der Waals surface area contributed by atoms with Gasteiger partial charge in [-0.25, -0.2) is 18.6 Å². The van der Waals surface area contributed by atoms with Crippen LogP contribution in [-0.4, -0.2) is 52.1 Å². The van der Waals surface area contributed by atoms with Crippen LogP contribution in [0.4, 0.5) is 20.3 Å². The fourth-order valence-corrected chi connectivity index (χ4v) is 4.24. The Kier molecular flexibility index (Phi) is 4.59. The van der Waals surface area contributed by atoms with E-state index < -0.39 is 30.0 Å². The summed E-state index contributed by atoms with van der Waals surface area (Å²) in [7, 11) is 0. The van der Waals surface area contributed by atoms with Crippen molar-refractivity contribution in [3.63, 3.8) is 0 Å². The van der Waals surface area contributed by atoms with Crippen molar-refractivity contribution >= 4 is 23.4 Å². The fraction of sp³-hybridized carbons (Fsp3) is 0.429. The van der Waals surface area contributed by atoms with Gasteiger partial charge in [0.05, 0.1) is 12.1 Å². The van der Waals surface area contributed by atoms with E-state index in [9.17, 15) is 18.4 Å². The van der Waals surface area contributed by atoms with Crippen LogP contribution >= 0.6 is 0 Å². The van der Waals surface area contributed by atoms with E-state index >= 15 is 0 Å². The number of amides is 1. The van der Waals surface area contributed by atoms with E-state index in [1.54, 1.807) is 41.8 Å². The summed E-state index contributed by atoms with van der Waals surface area (Å²) in [4.78, 5) is 28.6. The lowest BCUT2D eigenvalue weighted by Gasteiger charge is -2.22. The van der Waals surface area contributed by atoms with E-state index in [0.29, 0.717) is 48.8 Å². The zero-order valence-electron chi connectivity index (χ0n) is 17.2. The number of nitrogens with one attached hydrogen (secondary N) is 1. The normalized spacial score (nSPS) is 21.2. The maximum absolute atomic E-state index is 14.0. The van der Waals surface area contributed by atoms with Gasteiger partial charge in [0.25, 0.3) is 12.3 Å². The van der Waals surface area contributed by atoms with Crippen LogP contribution in [0.5, 0.6) is 5.75 Å². The second-order valence-electron chi connectivity index (χ2n) is 8.17. The summed E-state index contributed by atoms with van der Waals surface area (Å²) in [5.74, 6) is 2.13. The van der Waals surface area contributed by atoms with Gasteiger partial charge in [-0.15, -0.1) is 0 Å².